The molecule has 4 heteroatoms. The lowest BCUT2D eigenvalue weighted by Crippen LogP contribution is -2.23. The third kappa shape index (κ3) is 4.85. The van der Waals surface area contributed by atoms with Crippen LogP contribution in [0.1, 0.15) is 39.0 Å². The molecule has 2 rings (SSSR count). The summed E-state index contributed by atoms with van der Waals surface area (Å²) in [5.74, 6) is 0.931. The molecule has 2 N–H and O–H groups in total. The van der Waals surface area contributed by atoms with Crippen molar-refractivity contribution in [2.45, 2.75) is 45.1 Å². The first-order valence-corrected chi connectivity index (χ1v) is 7.54. The van der Waals surface area contributed by atoms with E-state index in [0.717, 1.165) is 37.4 Å². The highest BCUT2D eigenvalue weighted by molar-refractivity contribution is 5.90. The third-order valence-electron chi connectivity index (χ3n) is 3.49. The van der Waals surface area contributed by atoms with Crippen molar-refractivity contribution in [1.29, 1.82) is 0 Å². The van der Waals surface area contributed by atoms with Gasteiger partial charge in [0.2, 0.25) is 5.91 Å². The molecule has 0 aliphatic carbocycles. The van der Waals surface area contributed by atoms with Crippen LogP contribution in [0.4, 0.5) is 5.69 Å². The van der Waals surface area contributed by atoms with Crippen LogP contribution < -0.4 is 15.4 Å². The van der Waals surface area contributed by atoms with Gasteiger partial charge in [0.15, 0.2) is 0 Å². The minimum atomic E-state index is 0.0842. The summed E-state index contributed by atoms with van der Waals surface area (Å²) in [4.78, 5) is 11.9. The Bertz CT molecular complexity index is 411. The Morgan fingerprint density at radius 1 is 1.40 bits per heavy atom. The van der Waals surface area contributed by atoms with Crippen molar-refractivity contribution in [3.63, 3.8) is 0 Å². The Kier molecular flexibility index (Phi) is 5.87. The zero-order valence-corrected chi connectivity index (χ0v) is 12.2. The zero-order chi connectivity index (χ0) is 14.2. The molecule has 1 aliphatic rings. The fraction of sp³-hybridized carbons (Fsp3) is 0.562. The fourth-order valence-corrected chi connectivity index (χ4v) is 2.39. The van der Waals surface area contributed by atoms with Crippen molar-refractivity contribution in [2.75, 3.05) is 18.5 Å². The summed E-state index contributed by atoms with van der Waals surface area (Å²) >= 11 is 0. The standard InChI is InChI=1S/C16H24N2O2/c1-2-12-20-15-8-5-14(6-9-15)18-16(19)10-7-13-4-3-11-17-13/h5-6,8-9,13,17H,2-4,7,10-12H2,1H3,(H,18,19). The molecule has 20 heavy (non-hydrogen) atoms. The summed E-state index contributed by atoms with van der Waals surface area (Å²) in [6.07, 6.45) is 4.91. The first-order valence-electron chi connectivity index (χ1n) is 7.54. The van der Waals surface area contributed by atoms with Gasteiger partial charge in [0, 0.05) is 18.2 Å². The average molecular weight is 276 g/mol. The van der Waals surface area contributed by atoms with Gasteiger partial charge in [0.1, 0.15) is 5.75 Å². The Morgan fingerprint density at radius 2 is 2.20 bits per heavy atom. The number of ether oxygens (including phenoxy) is 1. The van der Waals surface area contributed by atoms with E-state index in [1.165, 1.54) is 12.8 Å². The van der Waals surface area contributed by atoms with Gasteiger partial charge in [-0.25, -0.2) is 0 Å². The Morgan fingerprint density at radius 3 is 2.85 bits per heavy atom. The number of rotatable bonds is 7. The monoisotopic (exact) mass is 276 g/mol. The quantitative estimate of drug-likeness (QED) is 0.805. The topological polar surface area (TPSA) is 50.4 Å². The Labute approximate surface area is 120 Å². The molecular formula is C16H24N2O2. The average Bonchev–Trinajstić information content (AvgIpc) is 2.98. The molecule has 1 unspecified atom stereocenters. The SMILES string of the molecule is CCCOc1ccc(NC(=O)CCC2CCCN2)cc1. The van der Waals surface area contributed by atoms with Crippen LogP contribution in [0.2, 0.25) is 0 Å². The highest BCUT2D eigenvalue weighted by atomic mass is 16.5. The normalized spacial score (nSPS) is 17.9. The van der Waals surface area contributed by atoms with Gasteiger partial charge in [-0.3, -0.25) is 4.79 Å². The van der Waals surface area contributed by atoms with Crippen LogP contribution in [0.15, 0.2) is 24.3 Å². The number of carbonyl (C=O) groups excluding carboxylic acids is 1. The van der Waals surface area contributed by atoms with Gasteiger partial charge < -0.3 is 15.4 Å². The molecule has 0 saturated carbocycles. The maximum Gasteiger partial charge on any atom is 0.224 e. The molecular weight excluding hydrogens is 252 g/mol. The number of benzene rings is 1. The third-order valence-corrected chi connectivity index (χ3v) is 3.49. The molecule has 1 aliphatic heterocycles. The molecule has 0 radical (unpaired) electrons. The van der Waals surface area contributed by atoms with Crippen molar-refractivity contribution in [3.05, 3.63) is 24.3 Å². The maximum absolute atomic E-state index is 11.9. The van der Waals surface area contributed by atoms with E-state index in [0.29, 0.717) is 12.5 Å². The van der Waals surface area contributed by atoms with Crippen molar-refractivity contribution in [2.24, 2.45) is 0 Å². The minimum absolute atomic E-state index is 0.0842. The van der Waals surface area contributed by atoms with Gasteiger partial charge in [0.25, 0.3) is 0 Å². The first-order chi connectivity index (χ1) is 9.78. The van der Waals surface area contributed by atoms with Crippen LogP contribution in [-0.2, 0) is 4.79 Å². The summed E-state index contributed by atoms with van der Waals surface area (Å²) < 4.78 is 5.51. The van der Waals surface area contributed by atoms with Gasteiger partial charge in [0.05, 0.1) is 6.61 Å². The summed E-state index contributed by atoms with van der Waals surface area (Å²) in [5, 5.41) is 6.33. The lowest BCUT2D eigenvalue weighted by molar-refractivity contribution is -0.116. The molecule has 0 aromatic heterocycles. The largest absolute Gasteiger partial charge is 0.494 e. The van der Waals surface area contributed by atoms with E-state index in [-0.39, 0.29) is 5.91 Å². The van der Waals surface area contributed by atoms with Crippen LogP contribution in [0.25, 0.3) is 0 Å². The van der Waals surface area contributed by atoms with E-state index in [1.807, 2.05) is 24.3 Å². The molecule has 110 valence electrons. The van der Waals surface area contributed by atoms with Crippen LogP contribution in [0, 0.1) is 0 Å². The lowest BCUT2D eigenvalue weighted by Gasteiger charge is -2.10. The number of hydrogen-bond donors (Lipinski definition) is 2. The lowest BCUT2D eigenvalue weighted by atomic mass is 10.1. The van der Waals surface area contributed by atoms with E-state index in [2.05, 4.69) is 17.6 Å². The predicted octanol–water partition coefficient (Wildman–Crippen LogP) is 2.95. The molecule has 1 aromatic carbocycles. The van der Waals surface area contributed by atoms with Gasteiger partial charge in [-0.15, -0.1) is 0 Å². The number of nitrogens with one attached hydrogen (secondary N) is 2. The molecule has 1 heterocycles. The van der Waals surface area contributed by atoms with Crippen LogP contribution in [0.3, 0.4) is 0 Å². The summed E-state index contributed by atoms with van der Waals surface area (Å²) in [6, 6.07) is 8.08. The van der Waals surface area contributed by atoms with Crippen molar-refractivity contribution in [3.8, 4) is 5.75 Å². The highest BCUT2D eigenvalue weighted by Crippen LogP contribution is 2.17. The van der Waals surface area contributed by atoms with E-state index in [1.54, 1.807) is 0 Å². The molecule has 1 saturated heterocycles. The van der Waals surface area contributed by atoms with Crippen molar-refractivity contribution in [1.82, 2.24) is 5.32 Å². The second-order valence-electron chi connectivity index (χ2n) is 5.25. The molecule has 1 amide bonds. The van der Waals surface area contributed by atoms with Gasteiger partial charge in [-0.2, -0.15) is 0 Å². The van der Waals surface area contributed by atoms with E-state index < -0.39 is 0 Å². The van der Waals surface area contributed by atoms with Gasteiger partial charge in [-0.05, 0) is 56.5 Å². The number of amides is 1. The predicted molar refractivity (Wildman–Crippen MR) is 81.1 cm³/mol. The van der Waals surface area contributed by atoms with Gasteiger partial charge >= 0.3 is 0 Å². The second-order valence-corrected chi connectivity index (χ2v) is 5.25. The van der Waals surface area contributed by atoms with Crippen LogP contribution in [-0.4, -0.2) is 25.1 Å². The summed E-state index contributed by atoms with van der Waals surface area (Å²) in [6.45, 7) is 3.89. The minimum Gasteiger partial charge on any atom is -0.494 e. The maximum atomic E-state index is 11.9. The van der Waals surface area contributed by atoms with E-state index in [9.17, 15) is 4.79 Å². The van der Waals surface area contributed by atoms with Crippen molar-refractivity contribution >= 4 is 11.6 Å². The number of carbonyl (C=O) groups is 1. The van der Waals surface area contributed by atoms with E-state index >= 15 is 0 Å². The second kappa shape index (κ2) is 7.90. The number of hydrogen-bond acceptors (Lipinski definition) is 3. The smallest absolute Gasteiger partial charge is 0.224 e. The molecule has 1 atom stereocenters. The summed E-state index contributed by atoms with van der Waals surface area (Å²) in [5.41, 5.74) is 0.832. The fourth-order valence-electron chi connectivity index (χ4n) is 2.39. The molecule has 0 bridgehead atoms. The Balaban J connectivity index is 1.72. The zero-order valence-electron chi connectivity index (χ0n) is 12.2. The number of anilines is 1. The Hall–Kier alpha value is -1.55. The molecule has 1 aromatic rings. The highest BCUT2D eigenvalue weighted by Gasteiger charge is 2.15. The van der Waals surface area contributed by atoms with Crippen LogP contribution >= 0.6 is 0 Å². The molecule has 1 fully saturated rings. The van der Waals surface area contributed by atoms with Gasteiger partial charge in [-0.1, -0.05) is 6.92 Å². The molecule has 0 spiro atoms. The first kappa shape index (κ1) is 14.9. The van der Waals surface area contributed by atoms with E-state index in [4.69, 9.17) is 4.74 Å². The molecule has 4 nitrogen and oxygen atoms in total. The van der Waals surface area contributed by atoms with Crippen LogP contribution in [0.5, 0.6) is 5.75 Å². The summed E-state index contributed by atoms with van der Waals surface area (Å²) in [7, 11) is 0. The van der Waals surface area contributed by atoms with Crippen molar-refractivity contribution < 1.29 is 9.53 Å².